The van der Waals surface area contributed by atoms with Crippen LogP contribution in [0.2, 0.25) is 0 Å². The fourth-order valence-electron chi connectivity index (χ4n) is 2.73. The van der Waals surface area contributed by atoms with E-state index < -0.39 is 6.04 Å². The van der Waals surface area contributed by atoms with Crippen LogP contribution in [0.25, 0.3) is 0 Å². The highest BCUT2D eigenvalue weighted by Gasteiger charge is 2.46. The molecule has 0 saturated carbocycles. The highest BCUT2D eigenvalue weighted by atomic mass is 16.5. The number of aryl methyl sites for hydroxylation is 1. The Balaban J connectivity index is 1.94. The third kappa shape index (κ3) is 2.28. The molecule has 1 aliphatic rings. The minimum absolute atomic E-state index is 0.0404. The van der Waals surface area contributed by atoms with Crippen molar-refractivity contribution < 1.29 is 9.53 Å². The molecular weight excluding hydrogens is 264 g/mol. The van der Waals surface area contributed by atoms with Crippen molar-refractivity contribution in [3.8, 4) is 5.75 Å². The number of benzene rings is 2. The molecule has 0 aliphatic carbocycles. The fourth-order valence-corrected chi connectivity index (χ4v) is 2.73. The van der Waals surface area contributed by atoms with Crippen LogP contribution in [0.15, 0.2) is 48.5 Å². The van der Waals surface area contributed by atoms with Gasteiger partial charge in [-0.3, -0.25) is 4.79 Å². The van der Waals surface area contributed by atoms with Crippen molar-refractivity contribution in [1.82, 2.24) is 0 Å². The summed E-state index contributed by atoms with van der Waals surface area (Å²) in [4.78, 5) is 13.9. The number of nitrogens with zero attached hydrogens (tertiary/aromatic N) is 1. The summed E-state index contributed by atoms with van der Waals surface area (Å²) in [6.07, 6.45) is 0. The van der Waals surface area contributed by atoms with Crippen LogP contribution in [0.3, 0.4) is 0 Å². The molecule has 1 saturated heterocycles. The summed E-state index contributed by atoms with van der Waals surface area (Å²) in [5.41, 5.74) is 9.04. The van der Waals surface area contributed by atoms with E-state index in [4.69, 9.17) is 10.5 Å². The van der Waals surface area contributed by atoms with Gasteiger partial charge in [0.1, 0.15) is 11.8 Å². The number of methoxy groups -OCH3 is 1. The number of carbonyl (C=O) groups is 1. The smallest absolute Gasteiger partial charge is 0.247 e. The molecule has 1 amide bonds. The van der Waals surface area contributed by atoms with E-state index in [9.17, 15) is 4.79 Å². The van der Waals surface area contributed by atoms with Crippen LogP contribution >= 0.6 is 0 Å². The molecule has 2 atom stereocenters. The number of amides is 1. The molecule has 0 unspecified atom stereocenters. The van der Waals surface area contributed by atoms with Gasteiger partial charge in [0.05, 0.1) is 13.2 Å². The zero-order valence-corrected chi connectivity index (χ0v) is 12.1. The Morgan fingerprint density at radius 3 is 2.48 bits per heavy atom. The summed E-state index contributed by atoms with van der Waals surface area (Å²) in [7, 11) is 1.63. The van der Waals surface area contributed by atoms with Crippen LogP contribution in [0.4, 0.5) is 5.69 Å². The van der Waals surface area contributed by atoms with Gasteiger partial charge in [0.15, 0.2) is 0 Å². The summed E-state index contributed by atoms with van der Waals surface area (Å²) >= 11 is 0. The minimum atomic E-state index is -0.487. The Morgan fingerprint density at radius 2 is 1.86 bits per heavy atom. The number of hydrogen-bond acceptors (Lipinski definition) is 3. The van der Waals surface area contributed by atoms with E-state index in [2.05, 4.69) is 0 Å². The number of nitrogens with two attached hydrogens (primary N) is 1. The Morgan fingerprint density at radius 1 is 1.14 bits per heavy atom. The molecule has 3 rings (SSSR count). The Hall–Kier alpha value is -2.33. The molecule has 2 aromatic carbocycles. The number of carbonyl (C=O) groups excluding carboxylic acids is 1. The van der Waals surface area contributed by atoms with Gasteiger partial charge in [0, 0.05) is 5.69 Å². The van der Waals surface area contributed by atoms with Crippen LogP contribution in [0, 0.1) is 6.92 Å². The highest BCUT2D eigenvalue weighted by Crippen LogP contribution is 2.38. The third-order valence-corrected chi connectivity index (χ3v) is 3.88. The molecular formula is C17H18N2O2. The van der Waals surface area contributed by atoms with Gasteiger partial charge in [-0.15, -0.1) is 0 Å². The SMILES string of the molecule is COc1ccc([C@@H]2[C@@H](N)C(=O)N2c2cccc(C)c2)cc1. The first kappa shape index (κ1) is 13.6. The lowest BCUT2D eigenvalue weighted by molar-refractivity contribution is -0.126. The van der Waals surface area contributed by atoms with Crippen LogP contribution in [0.1, 0.15) is 17.2 Å². The lowest BCUT2D eigenvalue weighted by Gasteiger charge is -2.45. The largest absolute Gasteiger partial charge is 0.497 e. The number of β-lactam (4-membered cyclic amide) rings is 1. The van der Waals surface area contributed by atoms with Gasteiger partial charge in [-0.1, -0.05) is 24.3 Å². The summed E-state index contributed by atoms with van der Waals surface area (Å²) in [5, 5.41) is 0. The van der Waals surface area contributed by atoms with Crippen LogP contribution < -0.4 is 15.4 Å². The molecule has 0 aromatic heterocycles. The lowest BCUT2D eigenvalue weighted by atomic mass is 9.88. The number of ether oxygens (including phenoxy) is 1. The van der Waals surface area contributed by atoms with E-state index in [1.165, 1.54) is 0 Å². The highest BCUT2D eigenvalue weighted by molar-refractivity contribution is 6.05. The predicted molar refractivity (Wildman–Crippen MR) is 82.4 cm³/mol. The maximum absolute atomic E-state index is 12.2. The number of hydrogen-bond donors (Lipinski definition) is 1. The molecule has 1 fully saturated rings. The van der Waals surface area contributed by atoms with E-state index >= 15 is 0 Å². The molecule has 2 aromatic rings. The molecule has 108 valence electrons. The van der Waals surface area contributed by atoms with Gasteiger partial charge in [0.2, 0.25) is 5.91 Å². The van der Waals surface area contributed by atoms with E-state index in [1.54, 1.807) is 12.0 Å². The summed E-state index contributed by atoms with van der Waals surface area (Å²) in [6, 6.07) is 15.0. The lowest BCUT2D eigenvalue weighted by Crippen LogP contribution is -2.63. The van der Waals surface area contributed by atoms with E-state index in [1.807, 2.05) is 55.5 Å². The first-order valence-corrected chi connectivity index (χ1v) is 6.91. The Kier molecular flexibility index (Phi) is 3.39. The minimum Gasteiger partial charge on any atom is -0.497 e. The maximum Gasteiger partial charge on any atom is 0.247 e. The Labute approximate surface area is 124 Å². The van der Waals surface area contributed by atoms with Crippen molar-refractivity contribution in [2.45, 2.75) is 19.0 Å². The third-order valence-electron chi connectivity index (χ3n) is 3.88. The van der Waals surface area contributed by atoms with Crippen molar-refractivity contribution in [1.29, 1.82) is 0 Å². The van der Waals surface area contributed by atoms with Crippen molar-refractivity contribution in [2.75, 3.05) is 12.0 Å². The van der Waals surface area contributed by atoms with E-state index in [0.29, 0.717) is 0 Å². The second-order valence-corrected chi connectivity index (χ2v) is 5.29. The van der Waals surface area contributed by atoms with Crippen molar-refractivity contribution >= 4 is 11.6 Å². The molecule has 1 aliphatic heterocycles. The van der Waals surface area contributed by atoms with Gasteiger partial charge in [-0.05, 0) is 42.3 Å². The number of anilines is 1. The van der Waals surface area contributed by atoms with Crippen molar-refractivity contribution in [2.24, 2.45) is 5.73 Å². The van der Waals surface area contributed by atoms with E-state index in [0.717, 1.165) is 22.6 Å². The Bertz CT molecular complexity index is 667. The van der Waals surface area contributed by atoms with Gasteiger partial charge < -0.3 is 15.4 Å². The molecule has 4 heteroatoms. The molecule has 21 heavy (non-hydrogen) atoms. The molecule has 0 spiro atoms. The van der Waals surface area contributed by atoms with Gasteiger partial charge in [-0.2, -0.15) is 0 Å². The van der Waals surface area contributed by atoms with E-state index in [-0.39, 0.29) is 11.9 Å². The zero-order chi connectivity index (χ0) is 15.0. The van der Waals surface area contributed by atoms with Gasteiger partial charge in [-0.25, -0.2) is 0 Å². The van der Waals surface area contributed by atoms with Crippen molar-refractivity contribution in [3.05, 3.63) is 59.7 Å². The first-order valence-electron chi connectivity index (χ1n) is 6.91. The first-order chi connectivity index (χ1) is 10.1. The summed E-state index contributed by atoms with van der Waals surface area (Å²) < 4.78 is 5.16. The number of rotatable bonds is 3. The molecule has 1 heterocycles. The van der Waals surface area contributed by atoms with Crippen LogP contribution in [0.5, 0.6) is 5.75 Å². The topological polar surface area (TPSA) is 55.6 Å². The molecule has 0 radical (unpaired) electrons. The summed E-state index contributed by atoms with van der Waals surface area (Å²) in [6.45, 7) is 2.01. The zero-order valence-electron chi connectivity index (χ0n) is 12.1. The average Bonchev–Trinajstić information content (AvgIpc) is 2.51. The van der Waals surface area contributed by atoms with Crippen LogP contribution in [-0.2, 0) is 4.79 Å². The van der Waals surface area contributed by atoms with Gasteiger partial charge in [0.25, 0.3) is 0 Å². The molecule has 2 N–H and O–H groups in total. The predicted octanol–water partition coefficient (Wildman–Crippen LogP) is 2.42. The standard InChI is InChI=1S/C17H18N2O2/c1-11-4-3-5-13(10-11)19-16(15(18)17(19)20)12-6-8-14(21-2)9-7-12/h3-10,15-16H,18H2,1-2H3/t15-,16-/m1/s1. The molecule has 0 bridgehead atoms. The second-order valence-electron chi connectivity index (χ2n) is 5.29. The molecule has 4 nitrogen and oxygen atoms in total. The van der Waals surface area contributed by atoms with Crippen LogP contribution in [-0.4, -0.2) is 19.1 Å². The van der Waals surface area contributed by atoms with Gasteiger partial charge >= 0.3 is 0 Å². The monoisotopic (exact) mass is 282 g/mol. The average molecular weight is 282 g/mol. The summed E-state index contributed by atoms with van der Waals surface area (Å²) in [5.74, 6) is 0.751. The maximum atomic E-state index is 12.2. The normalized spacial score (nSPS) is 21.1. The fraction of sp³-hybridized carbons (Fsp3) is 0.235. The van der Waals surface area contributed by atoms with Crippen molar-refractivity contribution in [3.63, 3.8) is 0 Å². The quantitative estimate of drug-likeness (QED) is 0.880. The second kappa shape index (κ2) is 5.22.